The summed E-state index contributed by atoms with van der Waals surface area (Å²) in [7, 11) is 0. The average molecular weight is 266 g/mol. The monoisotopic (exact) mass is 266 g/mol. The third-order valence-corrected chi connectivity index (χ3v) is 5.18. The van der Waals surface area contributed by atoms with Crippen LogP contribution in [0.2, 0.25) is 0 Å². The zero-order valence-electron chi connectivity index (χ0n) is 12.4. The predicted molar refractivity (Wildman–Crippen MR) is 78.7 cm³/mol. The summed E-state index contributed by atoms with van der Waals surface area (Å²) in [6, 6.07) is 0.486. The highest BCUT2D eigenvalue weighted by Gasteiger charge is 2.29. The lowest BCUT2D eigenvalue weighted by Gasteiger charge is -2.30. The molecule has 2 saturated carbocycles. The molecule has 0 aromatic heterocycles. The molecule has 2 rings (SSSR count). The average Bonchev–Trinajstić information content (AvgIpc) is 2.64. The molecule has 19 heavy (non-hydrogen) atoms. The van der Waals surface area contributed by atoms with Crippen LogP contribution in [0.1, 0.15) is 71.1 Å². The Morgan fingerprint density at radius 1 is 1.05 bits per heavy atom. The van der Waals surface area contributed by atoms with Crippen molar-refractivity contribution in [2.45, 2.75) is 83.2 Å². The summed E-state index contributed by atoms with van der Waals surface area (Å²) in [5, 5.41) is 3.27. The number of carbonyl (C=O) groups is 1. The molecule has 2 unspecified atom stereocenters. The Morgan fingerprint density at radius 3 is 2.42 bits per heavy atom. The van der Waals surface area contributed by atoms with Crippen molar-refractivity contribution in [1.82, 2.24) is 5.32 Å². The van der Waals surface area contributed by atoms with Crippen LogP contribution in [0.15, 0.2) is 0 Å². The van der Waals surface area contributed by atoms with Gasteiger partial charge in [-0.15, -0.1) is 0 Å². The van der Waals surface area contributed by atoms with Crippen LogP contribution in [0, 0.1) is 11.8 Å². The number of hydrogen-bond donors (Lipinski definition) is 2. The van der Waals surface area contributed by atoms with Gasteiger partial charge in [-0.2, -0.15) is 0 Å². The number of nitrogens with two attached hydrogens (primary N) is 1. The van der Waals surface area contributed by atoms with E-state index < -0.39 is 0 Å². The van der Waals surface area contributed by atoms with Crippen LogP contribution in [0.5, 0.6) is 0 Å². The maximum Gasteiger partial charge on any atom is 0.224 e. The van der Waals surface area contributed by atoms with Crippen LogP contribution in [-0.4, -0.2) is 18.0 Å². The van der Waals surface area contributed by atoms with E-state index in [0.29, 0.717) is 6.04 Å². The minimum absolute atomic E-state index is 0.0615. The van der Waals surface area contributed by atoms with Gasteiger partial charge in [0.1, 0.15) is 0 Å². The summed E-state index contributed by atoms with van der Waals surface area (Å²) >= 11 is 0. The highest BCUT2D eigenvalue weighted by molar-refractivity contribution is 5.79. The van der Waals surface area contributed by atoms with Crippen molar-refractivity contribution >= 4 is 5.91 Å². The maximum absolute atomic E-state index is 12.4. The van der Waals surface area contributed by atoms with E-state index in [-0.39, 0.29) is 17.9 Å². The third kappa shape index (κ3) is 4.20. The van der Waals surface area contributed by atoms with Crippen LogP contribution in [0.25, 0.3) is 0 Å². The molecule has 0 bridgehead atoms. The second-order valence-electron chi connectivity index (χ2n) is 6.54. The molecule has 3 nitrogen and oxygen atoms in total. The van der Waals surface area contributed by atoms with Crippen LogP contribution >= 0.6 is 0 Å². The van der Waals surface area contributed by atoms with Gasteiger partial charge in [-0.3, -0.25) is 4.79 Å². The van der Waals surface area contributed by atoms with Gasteiger partial charge >= 0.3 is 0 Å². The normalized spacial score (nSPS) is 36.5. The Balaban J connectivity index is 1.80. The maximum atomic E-state index is 12.4. The molecule has 2 fully saturated rings. The zero-order valence-corrected chi connectivity index (χ0v) is 12.4. The van der Waals surface area contributed by atoms with E-state index in [2.05, 4.69) is 12.2 Å². The Bertz CT molecular complexity index is 284. The third-order valence-electron chi connectivity index (χ3n) is 5.18. The van der Waals surface area contributed by atoms with Gasteiger partial charge in [0.15, 0.2) is 0 Å². The predicted octanol–water partition coefficient (Wildman–Crippen LogP) is 2.98. The molecule has 3 heteroatoms. The molecule has 0 heterocycles. The Hall–Kier alpha value is -0.570. The molecule has 0 radical (unpaired) electrons. The van der Waals surface area contributed by atoms with Gasteiger partial charge < -0.3 is 11.1 Å². The molecule has 0 aromatic carbocycles. The summed E-state index contributed by atoms with van der Waals surface area (Å²) in [4.78, 5) is 12.4. The SMILES string of the molecule is CCC1CCC(NC(=O)C2CCCCCC2N)CC1. The Labute approximate surface area is 117 Å². The largest absolute Gasteiger partial charge is 0.353 e. The molecule has 3 N–H and O–H groups in total. The van der Waals surface area contributed by atoms with Crippen LogP contribution < -0.4 is 11.1 Å². The molecule has 2 aliphatic carbocycles. The summed E-state index contributed by atoms with van der Waals surface area (Å²) < 4.78 is 0. The van der Waals surface area contributed by atoms with Crippen molar-refractivity contribution in [2.75, 3.05) is 0 Å². The molecule has 2 aliphatic rings. The molecular weight excluding hydrogens is 236 g/mol. The van der Waals surface area contributed by atoms with Gasteiger partial charge in [0.2, 0.25) is 5.91 Å². The molecule has 0 spiro atoms. The summed E-state index contributed by atoms with van der Waals surface area (Å²) in [5.74, 6) is 1.18. The fourth-order valence-electron chi connectivity index (χ4n) is 3.69. The molecule has 1 amide bonds. The first kappa shape index (κ1) is 14.8. The number of nitrogens with one attached hydrogen (secondary N) is 1. The van der Waals surface area contributed by atoms with Crippen molar-refractivity contribution in [3.8, 4) is 0 Å². The van der Waals surface area contributed by atoms with Crippen LogP contribution in [0.4, 0.5) is 0 Å². The van der Waals surface area contributed by atoms with Crippen molar-refractivity contribution in [1.29, 1.82) is 0 Å². The lowest BCUT2D eigenvalue weighted by molar-refractivity contribution is -0.126. The zero-order chi connectivity index (χ0) is 13.7. The number of rotatable bonds is 3. The summed E-state index contributed by atoms with van der Waals surface area (Å²) in [5.41, 5.74) is 6.17. The minimum atomic E-state index is 0.0615. The molecule has 0 aromatic rings. The van der Waals surface area contributed by atoms with Crippen LogP contribution in [-0.2, 0) is 4.79 Å². The van der Waals surface area contributed by atoms with Gasteiger partial charge in [0.05, 0.1) is 5.92 Å². The smallest absolute Gasteiger partial charge is 0.224 e. The number of hydrogen-bond acceptors (Lipinski definition) is 2. The van der Waals surface area contributed by atoms with Crippen molar-refractivity contribution in [3.63, 3.8) is 0 Å². The lowest BCUT2D eigenvalue weighted by Crippen LogP contribution is -2.46. The topological polar surface area (TPSA) is 55.1 Å². The first-order chi connectivity index (χ1) is 9.20. The standard InChI is InChI=1S/C16H30N2O/c1-2-12-8-10-13(11-9-12)18-16(19)14-6-4-3-5-7-15(14)17/h12-15H,2-11,17H2,1H3,(H,18,19). The molecule has 0 saturated heterocycles. The second kappa shape index (κ2) is 7.28. The lowest BCUT2D eigenvalue weighted by atomic mass is 9.84. The minimum Gasteiger partial charge on any atom is -0.353 e. The fourth-order valence-corrected chi connectivity index (χ4v) is 3.69. The summed E-state index contributed by atoms with van der Waals surface area (Å²) in [6.07, 6.45) is 11.7. The summed E-state index contributed by atoms with van der Waals surface area (Å²) in [6.45, 7) is 2.27. The quantitative estimate of drug-likeness (QED) is 0.772. The van der Waals surface area contributed by atoms with Gasteiger partial charge in [-0.25, -0.2) is 0 Å². The first-order valence-electron chi connectivity index (χ1n) is 8.26. The Morgan fingerprint density at radius 2 is 1.74 bits per heavy atom. The molecular formula is C16H30N2O. The van der Waals surface area contributed by atoms with Gasteiger partial charge in [0.25, 0.3) is 0 Å². The number of carbonyl (C=O) groups excluding carboxylic acids is 1. The van der Waals surface area contributed by atoms with E-state index in [1.54, 1.807) is 0 Å². The van der Waals surface area contributed by atoms with Crippen molar-refractivity contribution < 1.29 is 4.79 Å². The fraction of sp³-hybridized carbons (Fsp3) is 0.938. The van der Waals surface area contributed by atoms with E-state index >= 15 is 0 Å². The van der Waals surface area contributed by atoms with E-state index in [1.165, 1.54) is 32.1 Å². The van der Waals surface area contributed by atoms with Gasteiger partial charge in [-0.05, 0) is 44.4 Å². The van der Waals surface area contributed by atoms with Crippen molar-refractivity contribution in [3.05, 3.63) is 0 Å². The van der Waals surface area contributed by atoms with E-state index in [1.807, 2.05) is 0 Å². The van der Waals surface area contributed by atoms with Crippen LogP contribution in [0.3, 0.4) is 0 Å². The van der Waals surface area contributed by atoms with Gasteiger partial charge in [-0.1, -0.05) is 32.6 Å². The highest BCUT2D eigenvalue weighted by Crippen LogP contribution is 2.27. The van der Waals surface area contributed by atoms with E-state index in [0.717, 1.165) is 38.0 Å². The van der Waals surface area contributed by atoms with E-state index in [4.69, 9.17) is 5.73 Å². The Kier molecular flexibility index (Phi) is 5.68. The molecule has 0 aliphatic heterocycles. The van der Waals surface area contributed by atoms with Crippen molar-refractivity contribution in [2.24, 2.45) is 17.6 Å². The molecule has 2 atom stereocenters. The van der Waals surface area contributed by atoms with Gasteiger partial charge in [0, 0.05) is 12.1 Å². The highest BCUT2D eigenvalue weighted by atomic mass is 16.2. The molecule has 110 valence electrons. The first-order valence-corrected chi connectivity index (χ1v) is 8.26. The number of amides is 1. The second-order valence-corrected chi connectivity index (χ2v) is 6.54. The van der Waals surface area contributed by atoms with E-state index in [9.17, 15) is 4.79 Å².